The van der Waals surface area contributed by atoms with Crippen LogP contribution in [0.15, 0.2) is 18.2 Å². The van der Waals surface area contributed by atoms with Gasteiger partial charge in [0.25, 0.3) is 11.7 Å². The van der Waals surface area contributed by atoms with Crippen molar-refractivity contribution in [3.63, 3.8) is 0 Å². The Labute approximate surface area is 101 Å². The third kappa shape index (κ3) is 2.37. The molecule has 2 rings (SSSR count). The van der Waals surface area contributed by atoms with Crippen LogP contribution in [-0.4, -0.2) is 24.4 Å². The number of amides is 1. The molecular weight excluding hydrogens is 247 g/mol. The second kappa shape index (κ2) is 4.44. The van der Waals surface area contributed by atoms with Gasteiger partial charge < -0.3 is 5.32 Å². The van der Waals surface area contributed by atoms with Crippen molar-refractivity contribution in [3.05, 3.63) is 34.9 Å². The average Bonchev–Trinajstić information content (AvgIpc) is 2.49. The molecular formula is C12H10F3NO2. The van der Waals surface area contributed by atoms with E-state index >= 15 is 0 Å². The first-order chi connectivity index (χ1) is 8.39. The second-order valence-corrected chi connectivity index (χ2v) is 4.06. The number of ketones is 1. The normalized spacial score (nSPS) is 15.6. The van der Waals surface area contributed by atoms with Gasteiger partial charge in [0.1, 0.15) is 0 Å². The van der Waals surface area contributed by atoms with Crippen molar-refractivity contribution < 1.29 is 22.8 Å². The summed E-state index contributed by atoms with van der Waals surface area (Å²) < 4.78 is 36.9. The summed E-state index contributed by atoms with van der Waals surface area (Å²) in [6, 6.07) is 3.55. The van der Waals surface area contributed by atoms with Crippen molar-refractivity contribution in [2.45, 2.75) is 19.0 Å². The fourth-order valence-corrected chi connectivity index (χ4v) is 1.89. The van der Waals surface area contributed by atoms with Gasteiger partial charge in [-0.2, -0.15) is 13.2 Å². The first-order valence-corrected chi connectivity index (χ1v) is 5.42. The first-order valence-electron chi connectivity index (χ1n) is 5.42. The number of benzene rings is 1. The molecule has 6 heteroatoms. The molecule has 1 aromatic rings. The standard InChI is InChI=1S/C12H10F3NO2/c13-12(14,15)10(17)8-4-3-7-2-1-5-16-11(18)9(7)6-8/h3-4,6H,1-2,5H2,(H,16,18). The fraction of sp³-hybridized carbons (Fsp3) is 0.333. The Bertz CT molecular complexity index is 509. The number of hydrogen-bond donors (Lipinski definition) is 1. The Morgan fingerprint density at radius 2 is 2.00 bits per heavy atom. The first kappa shape index (κ1) is 12.6. The summed E-state index contributed by atoms with van der Waals surface area (Å²) in [5.41, 5.74) is 0.324. The van der Waals surface area contributed by atoms with Crippen LogP contribution in [0.2, 0.25) is 0 Å². The van der Waals surface area contributed by atoms with Crippen molar-refractivity contribution in [1.82, 2.24) is 5.32 Å². The minimum absolute atomic E-state index is 0.155. The Morgan fingerprint density at radius 3 is 2.67 bits per heavy atom. The Hall–Kier alpha value is -1.85. The Balaban J connectivity index is 2.43. The van der Waals surface area contributed by atoms with Gasteiger partial charge in [-0.25, -0.2) is 0 Å². The Kier molecular flexibility index (Phi) is 3.11. The number of carbonyl (C=O) groups is 2. The molecule has 1 amide bonds. The molecule has 18 heavy (non-hydrogen) atoms. The molecule has 0 saturated carbocycles. The molecule has 1 heterocycles. The molecule has 1 aliphatic heterocycles. The molecule has 1 N–H and O–H groups in total. The van der Waals surface area contributed by atoms with Crippen LogP contribution in [0, 0.1) is 0 Å². The molecule has 1 aromatic carbocycles. The van der Waals surface area contributed by atoms with Crippen LogP contribution in [0.1, 0.15) is 32.7 Å². The van der Waals surface area contributed by atoms with Gasteiger partial charge in [0.2, 0.25) is 0 Å². The molecule has 0 atom stereocenters. The highest BCUT2D eigenvalue weighted by molar-refractivity contribution is 6.03. The maximum atomic E-state index is 12.3. The van der Waals surface area contributed by atoms with Gasteiger partial charge in [0, 0.05) is 17.7 Å². The SMILES string of the molecule is O=C1NCCCc2ccc(C(=O)C(F)(F)F)cc21. The second-order valence-electron chi connectivity index (χ2n) is 4.06. The summed E-state index contributed by atoms with van der Waals surface area (Å²) in [5.74, 6) is -2.36. The summed E-state index contributed by atoms with van der Waals surface area (Å²) in [4.78, 5) is 22.7. The monoisotopic (exact) mass is 257 g/mol. The fourth-order valence-electron chi connectivity index (χ4n) is 1.89. The van der Waals surface area contributed by atoms with E-state index in [1.807, 2.05) is 0 Å². The summed E-state index contributed by atoms with van der Waals surface area (Å²) in [6.07, 6.45) is -3.59. The molecule has 3 nitrogen and oxygen atoms in total. The summed E-state index contributed by atoms with van der Waals surface area (Å²) in [7, 11) is 0. The van der Waals surface area contributed by atoms with Gasteiger partial charge >= 0.3 is 6.18 Å². The van der Waals surface area contributed by atoms with E-state index in [2.05, 4.69) is 5.32 Å². The molecule has 0 saturated heterocycles. The highest BCUT2D eigenvalue weighted by Gasteiger charge is 2.39. The van der Waals surface area contributed by atoms with E-state index in [-0.39, 0.29) is 5.56 Å². The summed E-state index contributed by atoms with van der Waals surface area (Å²) in [6.45, 7) is 0.482. The topological polar surface area (TPSA) is 46.2 Å². The highest BCUT2D eigenvalue weighted by Crippen LogP contribution is 2.24. The van der Waals surface area contributed by atoms with E-state index in [1.54, 1.807) is 0 Å². The van der Waals surface area contributed by atoms with E-state index in [1.165, 1.54) is 6.07 Å². The van der Waals surface area contributed by atoms with E-state index in [0.717, 1.165) is 18.6 Å². The highest BCUT2D eigenvalue weighted by atomic mass is 19.4. The third-order valence-corrected chi connectivity index (χ3v) is 2.78. The lowest BCUT2D eigenvalue weighted by Crippen LogP contribution is -2.25. The molecule has 0 aromatic heterocycles. The molecule has 0 bridgehead atoms. The van der Waals surface area contributed by atoms with Gasteiger partial charge in [0.05, 0.1) is 0 Å². The molecule has 0 aliphatic carbocycles. The smallest absolute Gasteiger partial charge is 0.352 e. The lowest BCUT2D eigenvalue weighted by molar-refractivity contribution is -0.0885. The van der Waals surface area contributed by atoms with Crippen molar-refractivity contribution in [2.24, 2.45) is 0 Å². The predicted octanol–water partition coefficient (Wildman–Crippen LogP) is 2.11. The molecule has 0 radical (unpaired) electrons. The maximum Gasteiger partial charge on any atom is 0.454 e. The predicted molar refractivity (Wildman–Crippen MR) is 57.5 cm³/mol. The summed E-state index contributed by atoms with van der Waals surface area (Å²) in [5, 5.41) is 2.57. The van der Waals surface area contributed by atoms with Gasteiger partial charge in [-0.15, -0.1) is 0 Å². The van der Waals surface area contributed by atoms with Crippen LogP contribution >= 0.6 is 0 Å². The minimum atomic E-state index is -4.92. The zero-order valence-corrected chi connectivity index (χ0v) is 9.30. The molecule has 0 spiro atoms. The maximum absolute atomic E-state index is 12.3. The number of hydrogen-bond acceptors (Lipinski definition) is 2. The Morgan fingerprint density at radius 1 is 1.28 bits per heavy atom. The van der Waals surface area contributed by atoms with E-state index < -0.39 is 23.4 Å². The molecule has 0 unspecified atom stereocenters. The number of fused-ring (bicyclic) bond motifs is 1. The van der Waals surface area contributed by atoms with E-state index in [0.29, 0.717) is 18.5 Å². The minimum Gasteiger partial charge on any atom is -0.352 e. The van der Waals surface area contributed by atoms with Crippen LogP contribution in [-0.2, 0) is 6.42 Å². The lowest BCUT2D eigenvalue weighted by atomic mass is 9.99. The molecule has 1 aliphatic rings. The number of carbonyl (C=O) groups excluding carboxylic acids is 2. The van der Waals surface area contributed by atoms with Crippen LogP contribution in [0.3, 0.4) is 0 Å². The molecule has 96 valence electrons. The largest absolute Gasteiger partial charge is 0.454 e. The van der Waals surface area contributed by atoms with E-state index in [4.69, 9.17) is 0 Å². The zero-order chi connectivity index (χ0) is 13.3. The number of nitrogens with one attached hydrogen (secondary N) is 1. The number of Topliss-reactive ketones (excluding diaryl/α,β-unsaturated/α-hetero) is 1. The number of alkyl halides is 3. The van der Waals surface area contributed by atoms with Gasteiger partial charge in [-0.3, -0.25) is 9.59 Å². The van der Waals surface area contributed by atoms with Gasteiger partial charge in [-0.1, -0.05) is 12.1 Å². The van der Waals surface area contributed by atoms with Crippen LogP contribution < -0.4 is 5.32 Å². The van der Waals surface area contributed by atoms with Crippen molar-refractivity contribution >= 4 is 11.7 Å². The number of rotatable bonds is 1. The lowest BCUT2D eigenvalue weighted by Gasteiger charge is -2.09. The van der Waals surface area contributed by atoms with Crippen molar-refractivity contribution in [3.8, 4) is 0 Å². The van der Waals surface area contributed by atoms with Crippen LogP contribution in [0.5, 0.6) is 0 Å². The summed E-state index contributed by atoms with van der Waals surface area (Å²) >= 11 is 0. The van der Waals surface area contributed by atoms with Gasteiger partial charge in [0.15, 0.2) is 0 Å². The average molecular weight is 257 g/mol. The van der Waals surface area contributed by atoms with Crippen molar-refractivity contribution in [2.75, 3.05) is 6.54 Å². The zero-order valence-electron chi connectivity index (χ0n) is 9.30. The van der Waals surface area contributed by atoms with Crippen LogP contribution in [0.25, 0.3) is 0 Å². The van der Waals surface area contributed by atoms with E-state index in [9.17, 15) is 22.8 Å². The quantitative estimate of drug-likeness (QED) is 0.783. The van der Waals surface area contributed by atoms with Crippen molar-refractivity contribution in [1.29, 1.82) is 0 Å². The number of halogens is 3. The van der Waals surface area contributed by atoms with Gasteiger partial charge in [-0.05, 0) is 24.5 Å². The number of aryl methyl sites for hydroxylation is 1. The van der Waals surface area contributed by atoms with Crippen LogP contribution in [0.4, 0.5) is 13.2 Å². The third-order valence-electron chi connectivity index (χ3n) is 2.78. The molecule has 0 fully saturated rings.